The predicted molar refractivity (Wildman–Crippen MR) is 80.9 cm³/mol. The fraction of sp³-hybridized carbons (Fsp3) is 0.133. The summed E-state index contributed by atoms with van der Waals surface area (Å²) in [5.74, 6) is -0.123. The Kier molecular flexibility index (Phi) is 4.22. The Hall–Kier alpha value is -1.81. The molecule has 0 unspecified atom stereocenters. The lowest BCUT2D eigenvalue weighted by Crippen LogP contribution is -2.23. The maximum absolute atomic E-state index is 12.0. The van der Waals surface area contributed by atoms with Gasteiger partial charge in [0.2, 0.25) is 0 Å². The van der Waals surface area contributed by atoms with Crippen molar-refractivity contribution in [3.63, 3.8) is 0 Å². The van der Waals surface area contributed by atoms with E-state index in [4.69, 9.17) is 5.73 Å². The Morgan fingerprint density at radius 1 is 1.26 bits per heavy atom. The van der Waals surface area contributed by atoms with Gasteiger partial charge in [-0.25, -0.2) is 0 Å². The molecule has 0 bridgehead atoms. The molecular formula is C15H15BrN2O. The summed E-state index contributed by atoms with van der Waals surface area (Å²) in [7, 11) is 0. The summed E-state index contributed by atoms with van der Waals surface area (Å²) < 4.78 is 0.794. The van der Waals surface area contributed by atoms with Crippen LogP contribution in [-0.4, -0.2) is 5.91 Å². The number of aryl methyl sites for hydroxylation is 1. The zero-order valence-electron chi connectivity index (χ0n) is 10.6. The van der Waals surface area contributed by atoms with Gasteiger partial charge < -0.3 is 11.1 Å². The quantitative estimate of drug-likeness (QED) is 0.853. The standard InChI is InChI=1S/C15H15BrN2O/c1-10-4-2-3-5-12(10)9-18-15(19)11-6-7-13(16)14(17)8-11/h2-8H,9,17H2,1H3,(H,18,19). The fourth-order valence-corrected chi connectivity index (χ4v) is 2.02. The van der Waals surface area contributed by atoms with Crippen LogP contribution >= 0.6 is 15.9 Å². The van der Waals surface area contributed by atoms with Gasteiger partial charge in [0.1, 0.15) is 0 Å². The number of nitrogens with one attached hydrogen (secondary N) is 1. The predicted octanol–water partition coefficient (Wildman–Crippen LogP) is 3.27. The van der Waals surface area contributed by atoms with E-state index < -0.39 is 0 Å². The summed E-state index contributed by atoms with van der Waals surface area (Å²) in [5, 5.41) is 2.89. The molecule has 0 aliphatic heterocycles. The van der Waals surface area contributed by atoms with Crippen molar-refractivity contribution in [3.8, 4) is 0 Å². The molecule has 0 saturated carbocycles. The lowest BCUT2D eigenvalue weighted by molar-refractivity contribution is 0.0951. The molecule has 0 atom stereocenters. The van der Waals surface area contributed by atoms with Crippen molar-refractivity contribution in [1.82, 2.24) is 5.32 Å². The lowest BCUT2D eigenvalue weighted by atomic mass is 10.1. The number of anilines is 1. The van der Waals surface area contributed by atoms with E-state index >= 15 is 0 Å². The van der Waals surface area contributed by atoms with Crippen molar-refractivity contribution in [2.75, 3.05) is 5.73 Å². The number of nitrogen functional groups attached to an aromatic ring is 1. The van der Waals surface area contributed by atoms with E-state index in [-0.39, 0.29) is 5.91 Å². The minimum atomic E-state index is -0.123. The van der Waals surface area contributed by atoms with Crippen molar-refractivity contribution in [2.45, 2.75) is 13.5 Å². The van der Waals surface area contributed by atoms with Crippen LogP contribution in [0.5, 0.6) is 0 Å². The Morgan fingerprint density at radius 3 is 2.68 bits per heavy atom. The zero-order valence-corrected chi connectivity index (χ0v) is 12.2. The molecule has 0 aliphatic carbocycles. The minimum Gasteiger partial charge on any atom is -0.398 e. The van der Waals surface area contributed by atoms with Gasteiger partial charge in [-0.3, -0.25) is 4.79 Å². The maximum Gasteiger partial charge on any atom is 0.251 e. The van der Waals surface area contributed by atoms with Gasteiger partial charge in [0.15, 0.2) is 0 Å². The van der Waals surface area contributed by atoms with Crippen LogP contribution in [0.4, 0.5) is 5.69 Å². The number of carbonyl (C=O) groups is 1. The second-order valence-electron chi connectivity index (χ2n) is 4.35. The van der Waals surface area contributed by atoms with Crippen molar-refractivity contribution in [2.24, 2.45) is 0 Å². The number of hydrogen-bond donors (Lipinski definition) is 2. The molecule has 3 N–H and O–H groups in total. The van der Waals surface area contributed by atoms with E-state index in [0.717, 1.165) is 15.6 Å². The van der Waals surface area contributed by atoms with Crippen LogP contribution in [0.15, 0.2) is 46.9 Å². The fourth-order valence-electron chi connectivity index (χ4n) is 1.77. The largest absolute Gasteiger partial charge is 0.398 e. The summed E-state index contributed by atoms with van der Waals surface area (Å²) in [6.45, 7) is 2.54. The molecule has 0 saturated heterocycles. The molecule has 0 fully saturated rings. The number of rotatable bonds is 3. The van der Waals surface area contributed by atoms with Crippen LogP contribution in [0.3, 0.4) is 0 Å². The highest BCUT2D eigenvalue weighted by Crippen LogP contribution is 2.20. The SMILES string of the molecule is Cc1ccccc1CNC(=O)c1ccc(Br)c(N)c1. The molecule has 0 radical (unpaired) electrons. The van der Waals surface area contributed by atoms with E-state index in [1.165, 1.54) is 0 Å². The molecule has 2 aromatic carbocycles. The summed E-state index contributed by atoms with van der Waals surface area (Å²) >= 11 is 3.31. The van der Waals surface area contributed by atoms with Gasteiger partial charge in [-0.15, -0.1) is 0 Å². The van der Waals surface area contributed by atoms with E-state index in [2.05, 4.69) is 21.2 Å². The normalized spacial score (nSPS) is 10.2. The molecule has 0 spiro atoms. The second-order valence-corrected chi connectivity index (χ2v) is 5.20. The molecule has 19 heavy (non-hydrogen) atoms. The summed E-state index contributed by atoms with van der Waals surface area (Å²) in [6.07, 6.45) is 0. The number of benzene rings is 2. The third kappa shape index (κ3) is 3.35. The summed E-state index contributed by atoms with van der Waals surface area (Å²) in [4.78, 5) is 12.0. The smallest absolute Gasteiger partial charge is 0.251 e. The first-order valence-electron chi connectivity index (χ1n) is 5.95. The Balaban J connectivity index is 2.05. The molecule has 0 heterocycles. The van der Waals surface area contributed by atoms with Crippen LogP contribution in [0.25, 0.3) is 0 Å². The minimum absolute atomic E-state index is 0.123. The lowest BCUT2D eigenvalue weighted by Gasteiger charge is -2.08. The highest BCUT2D eigenvalue weighted by atomic mass is 79.9. The molecular weight excluding hydrogens is 304 g/mol. The van der Waals surface area contributed by atoms with Crippen LogP contribution in [0, 0.1) is 6.92 Å². The van der Waals surface area contributed by atoms with Crippen LogP contribution in [0.2, 0.25) is 0 Å². The first-order chi connectivity index (χ1) is 9.08. The number of halogens is 1. The third-order valence-electron chi connectivity index (χ3n) is 2.96. The van der Waals surface area contributed by atoms with Crippen molar-refractivity contribution < 1.29 is 4.79 Å². The van der Waals surface area contributed by atoms with E-state index in [1.807, 2.05) is 31.2 Å². The molecule has 98 valence electrons. The molecule has 3 nitrogen and oxygen atoms in total. The van der Waals surface area contributed by atoms with E-state index in [0.29, 0.717) is 17.8 Å². The summed E-state index contributed by atoms with van der Waals surface area (Å²) in [6, 6.07) is 13.2. The van der Waals surface area contributed by atoms with Crippen LogP contribution in [-0.2, 0) is 6.54 Å². The van der Waals surface area contributed by atoms with Crippen molar-refractivity contribution >= 4 is 27.5 Å². The second kappa shape index (κ2) is 5.89. The molecule has 0 aliphatic rings. The highest BCUT2D eigenvalue weighted by Gasteiger charge is 2.07. The Bertz CT molecular complexity index is 611. The molecule has 4 heteroatoms. The van der Waals surface area contributed by atoms with Gasteiger partial charge in [-0.05, 0) is 52.2 Å². The van der Waals surface area contributed by atoms with Crippen LogP contribution in [0.1, 0.15) is 21.5 Å². The van der Waals surface area contributed by atoms with Gasteiger partial charge in [0.05, 0.1) is 0 Å². The Labute approximate surface area is 121 Å². The van der Waals surface area contributed by atoms with Gasteiger partial charge in [-0.2, -0.15) is 0 Å². The van der Waals surface area contributed by atoms with E-state index in [9.17, 15) is 4.79 Å². The van der Waals surface area contributed by atoms with Gasteiger partial charge in [0.25, 0.3) is 5.91 Å². The third-order valence-corrected chi connectivity index (χ3v) is 3.68. The van der Waals surface area contributed by atoms with Gasteiger partial charge in [-0.1, -0.05) is 24.3 Å². The zero-order chi connectivity index (χ0) is 13.8. The van der Waals surface area contributed by atoms with Crippen molar-refractivity contribution in [1.29, 1.82) is 0 Å². The highest BCUT2D eigenvalue weighted by molar-refractivity contribution is 9.10. The first-order valence-corrected chi connectivity index (χ1v) is 6.75. The number of amides is 1. The number of nitrogens with two attached hydrogens (primary N) is 1. The monoisotopic (exact) mass is 318 g/mol. The van der Waals surface area contributed by atoms with E-state index in [1.54, 1.807) is 18.2 Å². The number of carbonyl (C=O) groups excluding carboxylic acids is 1. The first kappa shape index (κ1) is 13.6. The Morgan fingerprint density at radius 2 is 2.00 bits per heavy atom. The molecule has 1 amide bonds. The van der Waals surface area contributed by atoms with Crippen molar-refractivity contribution in [3.05, 3.63) is 63.6 Å². The molecule has 2 rings (SSSR count). The van der Waals surface area contributed by atoms with Gasteiger partial charge >= 0.3 is 0 Å². The topological polar surface area (TPSA) is 55.1 Å². The van der Waals surface area contributed by atoms with Crippen LogP contribution < -0.4 is 11.1 Å². The summed E-state index contributed by atoms with van der Waals surface area (Å²) in [5.41, 5.74) is 9.16. The molecule has 0 aromatic heterocycles. The molecule has 2 aromatic rings. The van der Waals surface area contributed by atoms with Gasteiger partial charge in [0, 0.05) is 22.3 Å². The maximum atomic E-state index is 12.0. The average Bonchev–Trinajstić information content (AvgIpc) is 2.40. The average molecular weight is 319 g/mol. The number of hydrogen-bond acceptors (Lipinski definition) is 2.